The van der Waals surface area contributed by atoms with Gasteiger partial charge in [-0.2, -0.15) is 4.98 Å². The molecule has 0 aliphatic rings. The smallest absolute Gasteiger partial charge is 0.257 e. The maximum absolute atomic E-state index is 13.1. The van der Waals surface area contributed by atoms with Crippen molar-refractivity contribution in [3.8, 4) is 11.4 Å². The molecule has 17 heavy (non-hydrogen) atoms. The van der Waals surface area contributed by atoms with Crippen molar-refractivity contribution < 1.29 is 14.0 Å². The number of hydrogen-bond donors (Lipinski definition) is 2. The first-order valence-electron chi connectivity index (χ1n) is 4.79. The van der Waals surface area contributed by atoms with Crippen molar-refractivity contribution in [1.82, 2.24) is 10.1 Å². The number of nitrogens with zero attached hydrogens (tertiary/aromatic N) is 2. The minimum absolute atomic E-state index is 0.0126. The Kier molecular flexibility index (Phi) is 3.51. The lowest BCUT2D eigenvalue weighted by molar-refractivity contribution is 0.141. The van der Waals surface area contributed by atoms with Crippen LogP contribution in [-0.4, -0.2) is 21.8 Å². The second-order valence-corrected chi connectivity index (χ2v) is 4.19. The third-order valence-corrected chi connectivity index (χ3v) is 2.81. The lowest BCUT2D eigenvalue weighted by Crippen LogP contribution is -2.11. The summed E-state index contributed by atoms with van der Waals surface area (Å²) in [5, 5.41) is 13.1. The summed E-state index contributed by atoms with van der Waals surface area (Å²) >= 11 is 3.25. The van der Waals surface area contributed by atoms with E-state index in [-0.39, 0.29) is 18.3 Å². The Morgan fingerprint density at radius 3 is 3.00 bits per heavy atom. The van der Waals surface area contributed by atoms with E-state index in [1.54, 1.807) is 6.07 Å². The molecule has 0 aliphatic heterocycles. The van der Waals surface area contributed by atoms with E-state index < -0.39 is 11.9 Å². The standard InChI is InChI=1S/C10H9BrFN3O2/c11-7-2-1-5(12)3-6(7)9-14-10(17-15-9)8(16)4-13/h1-3,8,16H,4,13H2. The fraction of sp³-hybridized carbons (Fsp3) is 0.200. The average Bonchev–Trinajstić information content (AvgIpc) is 2.80. The maximum atomic E-state index is 13.1. The molecule has 0 aliphatic carbocycles. The van der Waals surface area contributed by atoms with Gasteiger partial charge in [0.25, 0.3) is 5.89 Å². The molecule has 0 fully saturated rings. The van der Waals surface area contributed by atoms with Crippen molar-refractivity contribution in [3.63, 3.8) is 0 Å². The molecule has 1 unspecified atom stereocenters. The Morgan fingerprint density at radius 2 is 2.29 bits per heavy atom. The van der Waals surface area contributed by atoms with E-state index in [2.05, 4.69) is 26.1 Å². The van der Waals surface area contributed by atoms with Crippen LogP contribution in [0.25, 0.3) is 11.4 Å². The fourth-order valence-electron chi connectivity index (χ4n) is 1.25. The van der Waals surface area contributed by atoms with Gasteiger partial charge in [-0.3, -0.25) is 0 Å². The van der Waals surface area contributed by atoms with Crippen molar-refractivity contribution in [2.24, 2.45) is 5.73 Å². The number of aromatic nitrogens is 2. The van der Waals surface area contributed by atoms with Crippen LogP contribution in [-0.2, 0) is 0 Å². The summed E-state index contributed by atoms with van der Waals surface area (Å²) in [5.74, 6) is -0.202. The van der Waals surface area contributed by atoms with Gasteiger partial charge in [0.05, 0.1) is 0 Å². The molecule has 1 aromatic heterocycles. The number of aliphatic hydroxyl groups is 1. The second-order valence-electron chi connectivity index (χ2n) is 3.33. The largest absolute Gasteiger partial charge is 0.382 e. The predicted octanol–water partition coefficient (Wildman–Crippen LogP) is 1.63. The van der Waals surface area contributed by atoms with Crippen molar-refractivity contribution in [2.75, 3.05) is 6.54 Å². The quantitative estimate of drug-likeness (QED) is 0.900. The Morgan fingerprint density at radius 1 is 1.53 bits per heavy atom. The molecule has 2 rings (SSSR count). The molecule has 1 heterocycles. The van der Waals surface area contributed by atoms with Crippen molar-refractivity contribution in [2.45, 2.75) is 6.10 Å². The molecule has 0 saturated carbocycles. The Balaban J connectivity index is 2.40. The first-order valence-corrected chi connectivity index (χ1v) is 5.58. The molecule has 3 N–H and O–H groups in total. The van der Waals surface area contributed by atoms with Gasteiger partial charge in [-0.05, 0) is 18.2 Å². The van der Waals surface area contributed by atoms with Crippen LogP contribution < -0.4 is 5.73 Å². The summed E-state index contributed by atoms with van der Waals surface area (Å²) in [7, 11) is 0. The van der Waals surface area contributed by atoms with Gasteiger partial charge < -0.3 is 15.4 Å². The van der Waals surface area contributed by atoms with Gasteiger partial charge in [0.1, 0.15) is 11.9 Å². The minimum atomic E-state index is -1.01. The summed E-state index contributed by atoms with van der Waals surface area (Å²) in [6.07, 6.45) is -1.01. The zero-order chi connectivity index (χ0) is 12.4. The molecule has 1 atom stereocenters. The number of benzene rings is 1. The average molecular weight is 302 g/mol. The number of rotatable bonds is 3. The molecule has 7 heteroatoms. The summed E-state index contributed by atoms with van der Waals surface area (Å²) in [4.78, 5) is 3.95. The normalized spacial score (nSPS) is 12.7. The molecule has 2 aromatic rings. The summed E-state index contributed by atoms with van der Waals surface area (Å²) in [6, 6.07) is 4.12. The van der Waals surface area contributed by atoms with Crippen LogP contribution in [0.15, 0.2) is 27.2 Å². The van der Waals surface area contributed by atoms with Crippen LogP contribution in [0.1, 0.15) is 12.0 Å². The molecule has 0 spiro atoms. The predicted molar refractivity (Wildman–Crippen MR) is 61.4 cm³/mol. The number of aliphatic hydroxyl groups excluding tert-OH is 1. The number of nitrogens with two attached hydrogens (primary N) is 1. The molecule has 0 radical (unpaired) electrons. The van der Waals surface area contributed by atoms with Crippen LogP contribution in [0.5, 0.6) is 0 Å². The minimum Gasteiger partial charge on any atom is -0.382 e. The fourth-order valence-corrected chi connectivity index (χ4v) is 1.67. The highest BCUT2D eigenvalue weighted by atomic mass is 79.9. The van der Waals surface area contributed by atoms with Gasteiger partial charge in [0, 0.05) is 16.6 Å². The zero-order valence-corrected chi connectivity index (χ0v) is 10.2. The SMILES string of the molecule is NCC(O)c1nc(-c2cc(F)ccc2Br)no1. The Bertz CT molecular complexity index is 532. The van der Waals surface area contributed by atoms with Crippen LogP contribution in [0.3, 0.4) is 0 Å². The van der Waals surface area contributed by atoms with Crippen LogP contribution in [0.4, 0.5) is 4.39 Å². The molecule has 0 saturated heterocycles. The van der Waals surface area contributed by atoms with Gasteiger partial charge in [-0.25, -0.2) is 4.39 Å². The second kappa shape index (κ2) is 4.91. The van der Waals surface area contributed by atoms with Gasteiger partial charge in [-0.15, -0.1) is 0 Å². The lowest BCUT2D eigenvalue weighted by atomic mass is 10.2. The van der Waals surface area contributed by atoms with E-state index in [0.29, 0.717) is 10.0 Å². The highest BCUT2D eigenvalue weighted by Gasteiger charge is 2.17. The molecule has 5 nitrogen and oxygen atoms in total. The zero-order valence-electron chi connectivity index (χ0n) is 8.60. The molecule has 90 valence electrons. The van der Waals surface area contributed by atoms with E-state index in [0.717, 1.165) is 0 Å². The highest BCUT2D eigenvalue weighted by Crippen LogP contribution is 2.27. The lowest BCUT2D eigenvalue weighted by Gasteiger charge is -1.99. The van der Waals surface area contributed by atoms with E-state index in [1.165, 1.54) is 12.1 Å². The summed E-state index contributed by atoms with van der Waals surface area (Å²) in [6.45, 7) is -0.0219. The van der Waals surface area contributed by atoms with Gasteiger partial charge in [0.2, 0.25) is 5.82 Å². The van der Waals surface area contributed by atoms with E-state index in [4.69, 9.17) is 10.3 Å². The number of hydrogen-bond acceptors (Lipinski definition) is 5. The van der Waals surface area contributed by atoms with Gasteiger partial charge in [-0.1, -0.05) is 21.1 Å². The van der Waals surface area contributed by atoms with E-state index in [9.17, 15) is 9.50 Å². The first-order chi connectivity index (χ1) is 8.11. The van der Waals surface area contributed by atoms with Crippen molar-refractivity contribution >= 4 is 15.9 Å². The van der Waals surface area contributed by atoms with Crippen LogP contribution in [0, 0.1) is 5.82 Å². The highest BCUT2D eigenvalue weighted by molar-refractivity contribution is 9.10. The van der Waals surface area contributed by atoms with E-state index in [1.807, 2.05) is 0 Å². The Labute approximate surface area is 105 Å². The third kappa shape index (κ3) is 2.51. The van der Waals surface area contributed by atoms with Gasteiger partial charge in [0.15, 0.2) is 0 Å². The number of halogens is 2. The topological polar surface area (TPSA) is 85.2 Å². The first kappa shape index (κ1) is 12.2. The summed E-state index contributed by atoms with van der Waals surface area (Å²) in [5.41, 5.74) is 5.71. The summed E-state index contributed by atoms with van der Waals surface area (Å²) < 4.78 is 18.6. The monoisotopic (exact) mass is 301 g/mol. The molecule has 1 aromatic carbocycles. The van der Waals surface area contributed by atoms with Crippen molar-refractivity contribution in [3.05, 3.63) is 34.4 Å². The molecule has 0 amide bonds. The van der Waals surface area contributed by atoms with Crippen molar-refractivity contribution in [1.29, 1.82) is 0 Å². The molecular weight excluding hydrogens is 293 g/mol. The third-order valence-electron chi connectivity index (χ3n) is 2.12. The van der Waals surface area contributed by atoms with Gasteiger partial charge >= 0.3 is 0 Å². The van der Waals surface area contributed by atoms with Crippen LogP contribution >= 0.6 is 15.9 Å². The molecule has 0 bridgehead atoms. The maximum Gasteiger partial charge on any atom is 0.257 e. The van der Waals surface area contributed by atoms with E-state index >= 15 is 0 Å². The Hall–Kier alpha value is -1.31. The van der Waals surface area contributed by atoms with Crippen LogP contribution in [0.2, 0.25) is 0 Å². The molecular formula is C10H9BrFN3O2.